The SMILES string of the molecule is COc1cc2c(cc1OCCCN(C)C)[nH]c1ccnc(CCC(C)(C)O)c12. The third-order valence-corrected chi connectivity index (χ3v) is 4.85. The Morgan fingerprint density at radius 3 is 2.64 bits per heavy atom. The third-order valence-electron chi connectivity index (χ3n) is 4.85. The molecule has 0 aliphatic rings. The smallest absolute Gasteiger partial charge is 0.163 e. The Morgan fingerprint density at radius 2 is 1.96 bits per heavy atom. The number of aryl methyl sites for hydroxylation is 1. The Labute approximate surface area is 166 Å². The van der Waals surface area contributed by atoms with Crippen LogP contribution in [0.4, 0.5) is 0 Å². The monoisotopic (exact) mass is 385 g/mol. The molecule has 3 rings (SSSR count). The summed E-state index contributed by atoms with van der Waals surface area (Å²) >= 11 is 0. The molecule has 0 aliphatic carbocycles. The molecular weight excluding hydrogens is 354 g/mol. The van der Waals surface area contributed by atoms with E-state index in [-0.39, 0.29) is 0 Å². The number of H-pyrrole nitrogens is 1. The quantitative estimate of drug-likeness (QED) is 0.549. The molecule has 2 heterocycles. The van der Waals surface area contributed by atoms with Gasteiger partial charge >= 0.3 is 0 Å². The molecule has 0 aliphatic heterocycles. The van der Waals surface area contributed by atoms with E-state index in [2.05, 4.69) is 29.0 Å². The molecule has 0 spiro atoms. The zero-order valence-electron chi connectivity index (χ0n) is 17.5. The number of hydrogen-bond donors (Lipinski definition) is 2. The molecular formula is C22H31N3O3. The number of aromatic amines is 1. The van der Waals surface area contributed by atoms with Crippen molar-refractivity contribution in [3.8, 4) is 11.5 Å². The Bertz CT molecular complexity index is 941. The molecule has 0 saturated heterocycles. The number of aliphatic hydroxyl groups is 1. The summed E-state index contributed by atoms with van der Waals surface area (Å²) in [6.45, 7) is 5.27. The molecule has 0 radical (unpaired) electrons. The summed E-state index contributed by atoms with van der Waals surface area (Å²) in [6, 6.07) is 6.00. The minimum absolute atomic E-state index is 0.638. The molecule has 0 atom stereocenters. The van der Waals surface area contributed by atoms with Crippen molar-refractivity contribution < 1.29 is 14.6 Å². The molecule has 0 unspecified atom stereocenters. The minimum Gasteiger partial charge on any atom is -0.493 e. The van der Waals surface area contributed by atoms with E-state index >= 15 is 0 Å². The van der Waals surface area contributed by atoms with Crippen LogP contribution in [0.2, 0.25) is 0 Å². The van der Waals surface area contributed by atoms with Gasteiger partial charge in [-0.2, -0.15) is 0 Å². The molecule has 0 amide bonds. The van der Waals surface area contributed by atoms with E-state index in [0.717, 1.165) is 52.0 Å². The van der Waals surface area contributed by atoms with Crippen molar-refractivity contribution in [2.45, 2.75) is 38.7 Å². The van der Waals surface area contributed by atoms with Crippen LogP contribution < -0.4 is 9.47 Å². The van der Waals surface area contributed by atoms with Gasteiger partial charge in [-0.05, 0) is 59.3 Å². The Kier molecular flexibility index (Phi) is 6.10. The van der Waals surface area contributed by atoms with Crippen molar-refractivity contribution in [1.82, 2.24) is 14.9 Å². The van der Waals surface area contributed by atoms with Crippen LogP contribution >= 0.6 is 0 Å². The van der Waals surface area contributed by atoms with Crippen molar-refractivity contribution in [3.63, 3.8) is 0 Å². The maximum atomic E-state index is 10.1. The number of pyridine rings is 1. The summed E-state index contributed by atoms with van der Waals surface area (Å²) < 4.78 is 11.6. The zero-order valence-corrected chi connectivity index (χ0v) is 17.5. The number of nitrogens with zero attached hydrogens (tertiary/aromatic N) is 2. The van der Waals surface area contributed by atoms with Crippen molar-refractivity contribution in [1.29, 1.82) is 0 Å². The van der Waals surface area contributed by atoms with E-state index in [1.807, 2.05) is 38.2 Å². The maximum absolute atomic E-state index is 10.1. The molecule has 0 bridgehead atoms. The molecule has 152 valence electrons. The number of methoxy groups -OCH3 is 1. The van der Waals surface area contributed by atoms with Gasteiger partial charge in [0.15, 0.2) is 11.5 Å². The van der Waals surface area contributed by atoms with Crippen LogP contribution in [0.1, 0.15) is 32.4 Å². The highest BCUT2D eigenvalue weighted by molar-refractivity contribution is 6.09. The standard InChI is InChI=1S/C22H31N3O3/c1-22(2,26)9-7-16-21-15-13-19(27-5)20(28-12-6-11-25(3)4)14-18(15)24-17(21)8-10-23-16/h8,10,13-14,24,26H,6-7,9,11-12H2,1-5H3. The van der Waals surface area contributed by atoms with Gasteiger partial charge in [-0.25, -0.2) is 0 Å². The highest BCUT2D eigenvalue weighted by Gasteiger charge is 2.17. The van der Waals surface area contributed by atoms with Crippen molar-refractivity contribution >= 4 is 21.8 Å². The van der Waals surface area contributed by atoms with Crippen molar-refractivity contribution in [3.05, 3.63) is 30.1 Å². The second-order valence-electron chi connectivity index (χ2n) is 8.17. The largest absolute Gasteiger partial charge is 0.493 e. The minimum atomic E-state index is -0.721. The van der Waals surface area contributed by atoms with Crippen LogP contribution in [0.15, 0.2) is 24.4 Å². The van der Waals surface area contributed by atoms with Gasteiger partial charge < -0.3 is 24.5 Å². The number of ether oxygens (including phenoxy) is 2. The fourth-order valence-electron chi connectivity index (χ4n) is 3.37. The summed E-state index contributed by atoms with van der Waals surface area (Å²) in [5.41, 5.74) is 2.28. The van der Waals surface area contributed by atoms with E-state index < -0.39 is 5.60 Å². The Hall–Kier alpha value is -2.31. The van der Waals surface area contributed by atoms with Gasteiger partial charge in [0.1, 0.15) is 0 Å². The normalized spacial score (nSPS) is 12.2. The second-order valence-corrected chi connectivity index (χ2v) is 8.17. The first-order valence-corrected chi connectivity index (χ1v) is 9.76. The van der Waals surface area contributed by atoms with Gasteiger partial charge in [-0.3, -0.25) is 4.98 Å². The number of fused-ring (bicyclic) bond motifs is 3. The van der Waals surface area contributed by atoms with E-state index in [1.165, 1.54) is 0 Å². The number of benzene rings is 1. The van der Waals surface area contributed by atoms with Gasteiger partial charge in [0.05, 0.1) is 30.5 Å². The van der Waals surface area contributed by atoms with Crippen molar-refractivity contribution in [2.24, 2.45) is 0 Å². The fraction of sp³-hybridized carbons (Fsp3) is 0.500. The lowest BCUT2D eigenvalue weighted by molar-refractivity contribution is 0.0712. The van der Waals surface area contributed by atoms with E-state index in [9.17, 15) is 5.11 Å². The van der Waals surface area contributed by atoms with Crippen molar-refractivity contribution in [2.75, 3.05) is 34.4 Å². The van der Waals surface area contributed by atoms with E-state index in [4.69, 9.17) is 9.47 Å². The van der Waals surface area contributed by atoms with Gasteiger partial charge in [0, 0.05) is 35.1 Å². The van der Waals surface area contributed by atoms with Crippen LogP contribution in [-0.4, -0.2) is 59.9 Å². The number of hydrogen-bond acceptors (Lipinski definition) is 5. The first-order chi connectivity index (χ1) is 13.3. The van der Waals surface area contributed by atoms with Crippen LogP contribution in [0, 0.1) is 0 Å². The maximum Gasteiger partial charge on any atom is 0.163 e. The molecule has 6 heteroatoms. The molecule has 2 aromatic heterocycles. The van der Waals surface area contributed by atoms with Gasteiger partial charge in [0.2, 0.25) is 0 Å². The molecule has 6 nitrogen and oxygen atoms in total. The molecule has 0 fully saturated rings. The first kappa shape index (κ1) is 20.4. The van der Waals surface area contributed by atoms with Gasteiger partial charge in [-0.1, -0.05) is 0 Å². The lowest BCUT2D eigenvalue weighted by Crippen LogP contribution is -2.19. The predicted octanol–water partition coefficient (Wildman–Crippen LogP) is 3.76. The topological polar surface area (TPSA) is 70.6 Å². The fourth-order valence-corrected chi connectivity index (χ4v) is 3.37. The van der Waals surface area contributed by atoms with Crippen LogP contribution in [0.25, 0.3) is 21.8 Å². The molecule has 3 aromatic rings. The van der Waals surface area contributed by atoms with Gasteiger partial charge in [0.25, 0.3) is 0 Å². The summed E-state index contributed by atoms with van der Waals surface area (Å²) in [7, 11) is 5.78. The summed E-state index contributed by atoms with van der Waals surface area (Å²) in [5, 5.41) is 12.2. The Morgan fingerprint density at radius 1 is 1.18 bits per heavy atom. The highest BCUT2D eigenvalue weighted by Crippen LogP contribution is 2.37. The highest BCUT2D eigenvalue weighted by atomic mass is 16.5. The molecule has 1 aromatic carbocycles. The van der Waals surface area contributed by atoms with Crippen LogP contribution in [0.3, 0.4) is 0 Å². The van der Waals surface area contributed by atoms with E-state index in [1.54, 1.807) is 7.11 Å². The third kappa shape index (κ3) is 4.75. The number of aromatic nitrogens is 2. The first-order valence-electron chi connectivity index (χ1n) is 9.76. The number of nitrogens with one attached hydrogen (secondary N) is 1. The lowest BCUT2D eigenvalue weighted by Gasteiger charge is -2.16. The number of rotatable bonds is 9. The zero-order chi connectivity index (χ0) is 20.3. The average molecular weight is 386 g/mol. The predicted molar refractivity (Wildman–Crippen MR) is 113 cm³/mol. The lowest BCUT2D eigenvalue weighted by atomic mass is 9.99. The van der Waals surface area contributed by atoms with Crippen LogP contribution in [0.5, 0.6) is 11.5 Å². The average Bonchev–Trinajstić information content (AvgIpc) is 2.99. The van der Waals surface area contributed by atoms with Gasteiger partial charge in [-0.15, -0.1) is 0 Å². The second kappa shape index (κ2) is 8.37. The van der Waals surface area contributed by atoms with Crippen LogP contribution in [-0.2, 0) is 6.42 Å². The molecule has 0 saturated carbocycles. The van der Waals surface area contributed by atoms with E-state index in [0.29, 0.717) is 19.4 Å². The summed E-state index contributed by atoms with van der Waals surface area (Å²) in [5.74, 6) is 1.46. The molecule has 28 heavy (non-hydrogen) atoms. The molecule has 2 N–H and O–H groups in total. The summed E-state index contributed by atoms with van der Waals surface area (Å²) in [6.07, 6.45) is 4.12. The summed E-state index contributed by atoms with van der Waals surface area (Å²) in [4.78, 5) is 10.2. The Balaban J connectivity index is 1.95.